The Morgan fingerprint density at radius 2 is 2.29 bits per heavy atom. The maximum atomic E-state index is 12.2. The number of nitrogens with zero attached hydrogens (tertiary/aromatic N) is 3. The average molecular weight is 332 g/mol. The fourth-order valence-corrected chi connectivity index (χ4v) is 2.78. The van der Waals surface area contributed by atoms with E-state index in [0.29, 0.717) is 24.8 Å². The zero-order valence-electron chi connectivity index (χ0n) is 14.4. The van der Waals surface area contributed by atoms with Crippen molar-refractivity contribution in [3.05, 3.63) is 18.3 Å². The van der Waals surface area contributed by atoms with Crippen LogP contribution in [0.3, 0.4) is 0 Å². The monoisotopic (exact) mass is 332 g/mol. The minimum Gasteiger partial charge on any atom is -0.464 e. The van der Waals surface area contributed by atoms with E-state index in [1.54, 1.807) is 11.1 Å². The van der Waals surface area contributed by atoms with Gasteiger partial charge in [-0.1, -0.05) is 0 Å². The molecule has 1 aliphatic rings. The minimum atomic E-state index is -0.470. The number of carbonyl (C=O) groups excluding carboxylic acids is 1. The molecule has 1 fully saturated rings. The summed E-state index contributed by atoms with van der Waals surface area (Å²) in [6.07, 6.45) is 3.43. The first kappa shape index (κ1) is 16.5. The molecule has 0 aromatic carbocycles. The molecule has 2 aromatic rings. The van der Waals surface area contributed by atoms with Crippen molar-refractivity contribution in [1.82, 2.24) is 19.9 Å². The number of imidazole rings is 1. The van der Waals surface area contributed by atoms with E-state index in [2.05, 4.69) is 15.0 Å². The number of rotatable bonds is 3. The molecule has 1 atom stereocenters. The number of hydrogen-bond donors (Lipinski definition) is 1. The highest BCUT2D eigenvalue weighted by atomic mass is 16.6. The number of fused-ring (bicyclic) bond motifs is 1. The Labute approximate surface area is 141 Å². The topological polar surface area (TPSA) is 80.3 Å². The van der Waals surface area contributed by atoms with Gasteiger partial charge in [-0.05, 0) is 45.7 Å². The van der Waals surface area contributed by atoms with Crippen molar-refractivity contribution >= 4 is 17.3 Å². The second-order valence-electron chi connectivity index (χ2n) is 7.16. The first-order chi connectivity index (χ1) is 11.4. The normalized spacial score (nSPS) is 18.6. The van der Waals surface area contributed by atoms with Crippen molar-refractivity contribution in [2.24, 2.45) is 5.92 Å². The van der Waals surface area contributed by atoms with Gasteiger partial charge in [0.25, 0.3) is 6.01 Å². The second kappa shape index (κ2) is 6.67. The van der Waals surface area contributed by atoms with Crippen LogP contribution >= 0.6 is 0 Å². The predicted molar refractivity (Wildman–Crippen MR) is 89.9 cm³/mol. The number of likely N-dealkylation sites (tertiary alicyclic amines) is 1. The van der Waals surface area contributed by atoms with Crippen molar-refractivity contribution in [1.29, 1.82) is 0 Å². The lowest BCUT2D eigenvalue weighted by Gasteiger charge is -2.33. The molecular formula is C17H24N4O3. The molecule has 0 saturated carbocycles. The summed E-state index contributed by atoms with van der Waals surface area (Å²) < 4.78 is 11.2. The zero-order valence-corrected chi connectivity index (χ0v) is 14.4. The van der Waals surface area contributed by atoms with E-state index < -0.39 is 5.60 Å². The number of amides is 1. The molecule has 1 saturated heterocycles. The van der Waals surface area contributed by atoms with E-state index in [4.69, 9.17) is 9.47 Å². The van der Waals surface area contributed by atoms with E-state index in [-0.39, 0.29) is 12.0 Å². The zero-order chi connectivity index (χ0) is 17.2. The highest BCUT2D eigenvalue weighted by molar-refractivity contribution is 5.70. The smallest absolute Gasteiger partial charge is 0.410 e. The quantitative estimate of drug-likeness (QED) is 0.934. The molecule has 7 nitrogen and oxygen atoms in total. The van der Waals surface area contributed by atoms with Gasteiger partial charge in [0.15, 0.2) is 5.65 Å². The van der Waals surface area contributed by atoms with Gasteiger partial charge in [-0.25, -0.2) is 9.78 Å². The summed E-state index contributed by atoms with van der Waals surface area (Å²) in [5, 5.41) is 0. The predicted octanol–water partition coefficient (Wildman–Crippen LogP) is 2.98. The number of carbonyl (C=O) groups is 1. The van der Waals surface area contributed by atoms with E-state index in [9.17, 15) is 4.79 Å². The highest BCUT2D eigenvalue weighted by Gasteiger charge is 2.28. The third-order valence-corrected chi connectivity index (χ3v) is 3.86. The van der Waals surface area contributed by atoms with Gasteiger partial charge in [0.2, 0.25) is 0 Å². The fraction of sp³-hybridized carbons (Fsp3) is 0.588. The van der Waals surface area contributed by atoms with Gasteiger partial charge >= 0.3 is 6.09 Å². The van der Waals surface area contributed by atoms with Gasteiger partial charge in [-0.2, -0.15) is 4.98 Å². The van der Waals surface area contributed by atoms with E-state index >= 15 is 0 Å². The third-order valence-electron chi connectivity index (χ3n) is 3.86. The summed E-state index contributed by atoms with van der Waals surface area (Å²) in [6.45, 7) is 7.54. The minimum absolute atomic E-state index is 0.250. The number of aromatic amines is 1. The molecule has 0 radical (unpaired) electrons. The van der Waals surface area contributed by atoms with Crippen LogP contribution in [-0.4, -0.2) is 51.2 Å². The van der Waals surface area contributed by atoms with Gasteiger partial charge in [-0.3, -0.25) is 0 Å². The summed E-state index contributed by atoms with van der Waals surface area (Å²) in [7, 11) is 0. The lowest BCUT2D eigenvalue weighted by Crippen LogP contribution is -2.44. The molecule has 1 aliphatic heterocycles. The van der Waals surface area contributed by atoms with Gasteiger partial charge in [0, 0.05) is 25.2 Å². The maximum Gasteiger partial charge on any atom is 0.410 e. The van der Waals surface area contributed by atoms with Gasteiger partial charge in [0.05, 0.1) is 12.1 Å². The van der Waals surface area contributed by atoms with Gasteiger partial charge in [0.1, 0.15) is 5.60 Å². The van der Waals surface area contributed by atoms with E-state index in [1.807, 2.05) is 32.9 Å². The molecule has 2 aromatic heterocycles. The lowest BCUT2D eigenvalue weighted by atomic mass is 9.99. The Bertz CT molecular complexity index is 674. The highest BCUT2D eigenvalue weighted by Crippen LogP contribution is 2.21. The van der Waals surface area contributed by atoms with Crippen LogP contribution in [0, 0.1) is 5.92 Å². The Kier molecular flexibility index (Phi) is 4.59. The summed E-state index contributed by atoms with van der Waals surface area (Å²) >= 11 is 0. The Balaban J connectivity index is 1.54. The van der Waals surface area contributed by atoms with Gasteiger partial charge < -0.3 is 19.4 Å². The number of piperidine rings is 1. The third kappa shape index (κ3) is 4.15. The number of hydrogen-bond acceptors (Lipinski definition) is 5. The van der Waals surface area contributed by atoms with Crippen LogP contribution in [0.15, 0.2) is 18.3 Å². The molecule has 1 N–H and O–H groups in total. The van der Waals surface area contributed by atoms with Crippen LogP contribution < -0.4 is 4.74 Å². The fourth-order valence-electron chi connectivity index (χ4n) is 2.78. The van der Waals surface area contributed by atoms with Crippen LogP contribution in [0.1, 0.15) is 33.6 Å². The molecule has 3 heterocycles. The molecule has 130 valence electrons. The summed E-state index contributed by atoms with van der Waals surface area (Å²) in [5.41, 5.74) is 1.03. The van der Waals surface area contributed by atoms with Crippen molar-refractivity contribution in [2.45, 2.75) is 39.2 Å². The van der Waals surface area contributed by atoms with E-state index in [0.717, 1.165) is 24.9 Å². The summed E-state index contributed by atoms with van der Waals surface area (Å²) in [5.74, 6) is 0.271. The Hall–Kier alpha value is -2.31. The van der Waals surface area contributed by atoms with Crippen molar-refractivity contribution < 1.29 is 14.3 Å². The van der Waals surface area contributed by atoms with Crippen LogP contribution in [0.2, 0.25) is 0 Å². The molecule has 0 aliphatic carbocycles. The molecular weight excluding hydrogens is 308 g/mol. The SMILES string of the molecule is CC(C)(C)OC(=O)N1CCCC(COc2nc3ncccc3[nH]2)C1. The number of nitrogens with one attached hydrogen (secondary N) is 1. The first-order valence-corrected chi connectivity index (χ1v) is 8.32. The second-order valence-corrected chi connectivity index (χ2v) is 7.16. The van der Waals surface area contributed by atoms with Gasteiger partial charge in [-0.15, -0.1) is 0 Å². The van der Waals surface area contributed by atoms with Crippen molar-refractivity contribution in [3.8, 4) is 6.01 Å². The Morgan fingerprint density at radius 1 is 1.46 bits per heavy atom. The Morgan fingerprint density at radius 3 is 3.04 bits per heavy atom. The molecule has 1 amide bonds. The lowest BCUT2D eigenvalue weighted by molar-refractivity contribution is 0.0137. The van der Waals surface area contributed by atoms with Crippen LogP contribution in [0.25, 0.3) is 11.2 Å². The first-order valence-electron chi connectivity index (χ1n) is 8.32. The summed E-state index contributed by atoms with van der Waals surface area (Å²) in [4.78, 5) is 25.5. The standard InChI is InChI=1S/C17H24N4O3/c1-17(2,3)24-16(22)21-9-5-6-12(10-21)11-23-15-19-13-7-4-8-18-14(13)20-15/h4,7-8,12H,5-6,9-11H2,1-3H3,(H,18,19,20). The van der Waals surface area contributed by atoms with Crippen molar-refractivity contribution in [2.75, 3.05) is 19.7 Å². The maximum absolute atomic E-state index is 12.2. The summed E-state index contributed by atoms with van der Waals surface area (Å²) in [6, 6.07) is 4.23. The molecule has 1 unspecified atom stereocenters. The van der Waals surface area contributed by atoms with Crippen LogP contribution in [-0.2, 0) is 4.74 Å². The molecule has 0 bridgehead atoms. The largest absolute Gasteiger partial charge is 0.464 e. The number of pyridine rings is 1. The molecule has 24 heavy (non-hydrogen) atoms. The number of ether oxygens (including phenoxy) is 2. The van der Waals surface area contributed by atoms with Crippen molar-refractivity contribution in [3.63, 3.8) is 0 Å². The molecule has 7 heteroatoms. The molecule has 0 spiro atoms. The van der Waals surface area contributed by atoms with E-state index in [1.165, 1.54) is 0 Å². The molecule has 3 rings (SSSR count). The number of aromatic nitrogens is 3. The average Bonchev–Trinajstić information content (AvgIpc) is 2.94. The van der Waals surface area contributed by atoms with Crippen LogP contribution in [0.4, 0.5) is 4.79 Å². The van der Waals surface area contributed by atoms with Crippen LogP contribution in [0.5, 0.6) is 6.01 Å². The number of H-pyrrole nitrogens is 1.